The monoisotopic (exact) mass is 288 g/mol. The van der Waals surface area contributed by atoms with Gasteiger partial charge in [0, 0.05) is 18.7 Å². The highest BCUT2D eigenvalue weighted by Crippen LogP contribution is 2.36. The second-order valence-corrected chi connectivity index (χ2v) is 7.49. The topological polar surface area (TPSA) is 24.5 Å². The number of hydrogen-bond donors (Lipinski definition) is 1. The summed E-state index contributed by atoms with van der Waals surface area (Å²) in [6.07, 6.45) is 2.63. The third-order valence-electron chi connectivity index (χ3n) is 4.97. The van der Waals surface area contributed by atoms with Gasteiger partial charge in [-0.25, -0.2) is 0 Å². The molecule has 2 heterocycles. The third kappa shape index (κ3) is 3.34. The quantitative estimate of drug-likeness (QED) is 0.897. The van der Waals surface area contributed by atoms with Crippen molar-refractivity contribution in [1.82, 2.24) is 4.90 Å². The number of nitrogens with one attached hydrogen (secondary N) is 1. The van der Waals surface area contributed by atoms with Crippen LogP contribution in [0.2, 0.25) is 0 Å². The largest absolute Gasteiger partial charge is 0.489 e. The Morgan fingerprint density at radius 1 is 1.24 bits per heavy atom. The number of rotatable bonds is 2. The van der Waals surface area contributed by atoms with Crippen LogP contribution >= 0.6 is 0 Å². The minimum absolute atomic E-state index is 0.449. The first-order valence-electron chi connectivity index (χ1n) is 8.25. The van der Waals surface area contributed by atoms with Crippen molar-refractivity contribution in [3.8, 4) is 5.75 Å². The van der Waals surface area contributed by atoms with Crippen LogP contribution in [0.1, 0.15) is 39.2 Å². The first-order chi connectivity index (χ1) is 10.0. The number of benzene rings is 1. The lowest BCUT2D eigenvalue weighted by Crippen LogP contribution is -2.37. The second-order valence-electron chi connectivity index (χ2n) is 7.49. The average molecular weight is 288 g/mol. The van der Waals surface area contributed by atoms with E-state index in [1.54, 1.807) is 0 Å². The van der Waals surface area contributed by atoms with Crippen molar-refractivity contribution in [2.24, 2.45) is 11.3 Å². The highest BCUT2D eigenvalue weighted by atomic mass is 16.5. The summed E-state index contributed by atoms with van der Waals surface area (Å²) >= 11 is 0. The molecule has 1 aromatic carbocycles. The number of anilines is 1. The van der Waals surface area contributed by atoms with Crippen molar-refractivity contribution in [3.63, 3.8) is 0 Å². The van der Waals surface area contributed by atoms with Crippen molar-refractivity contribution in [2.45, 2.75) is 40.2 Å². The summed E-state index contributed by atoms with van der Waals surface area (Å²) in [5.74, 6) is 1.93. The van der Waals surface area contributed by atoms with Gasteiger partial charge in [-0.2, -0.15) is 0 Å². The van der Waals surface area contributed by atoms with Gasteiger partial charge < -0.3 is 10.1 Å². The van der Waals surface area contributed by atoms with Gasteiger partial charge in [-0.15, -0.1) is 0 Å². The fourth-order valence-electron chi connectivity index (χ4n) is 3.56. The summed E-state index contributed by atoms with van der Waals surface area (Å²) < 4.78 is 5.88. The van der Waals surface area contributed by atoms with E-state index in [1.165, 1.54) is 31.5 Å². The lowest BCUT2D eigenvalue weighted by molar-refractivity contribution is 0.107. The van der Waals surface area contributed by atoms with E-state index in [-0.39, 0.29) is 0 Å². The van der Waals surface area contributed by atoms with E-state index in [1.807, 2.05) is 0 Å². The van der Waals surface area contributed by atoms with Gasteiger partial charge in [0.1, 0.15) is 12.4 Å². The summed E-state index contributed by atoms with van der Waals surface area (Å²) in [5.41, 5.74) is 2.93. The van der Waals surface area contributed by atoms with E-state index < -0.39 is 0 Å². The Kier molecular flexibility index (Phi) is 4.12. The molecule has 1 saturated heterocycles. The SMILES string of the molecule is CC(C)(C)C1CCN(Cc2cccc3c2OCCN3)CC1. The first-order valence-corrected chi connectivity index (χ1v) is 8.25. The van der Waals surface area contributed by atoms with Crippen LogP contribution in [-0.2, 0) is 6.54 Å². The van der Waals surface area contributed by atoms with Crippen LogP contribution in [-0.4, -0.2) is 31.1 Å². The molecule has 1 N–H and O–H groups in total. The number of hydrogen-bond acceptors (Lipinski definition) is 3. The lowest BCUT2D eigenvalue weighted by Gasteiger charge is -2.39. The van der Waals surface area contributed by atoms with E-state index in [0.717, 1.165) is 37.1 Å². The Hall–Kier alpha value is -1.22. The molecule has 0 amide bonds. The summed E-state index contributed by atoms with van der Waals surface area (Å²) in [6, 6.07) is 6.46. The molecule has 0 radical (unpaired) electrons. The Morgan fingerprint density at radius 2 is 2.00 bits per heavy atom. The van der Waals surface area contributed by atoms with Crippen LogP contribution in [0.3, 0.4) is 0 Å². The van der Waals surface area contributed by atoms with Crippen LogP contribution < -0.4 is 10.1 Å². The summed E-state index contributed by atoms with van der Waals surface area (Å²) in [5, 5.41) is 3.42. The van der Waals surface area contributed by atoms with E-state index in [0.29, 0.717) is 5.41 Å². The van der Waals surface area contributed by atoms with Crippen molar-refractivity contribution >= 4 is 5.69 Å². The number of piperidine rings is 1. The van der Waals surface area contributed by atoms with Crippen LogP contribution in [0.4, 0.5) is 5.69 Å². The minimum Gasteiger partial charge on any atom is -0.489 e. The maximum absolute atomic E-state index is 5.88. The smallest absolute Gasteiger partial charge is 0.146 e. The normalized spacial score (nSPS) is 20.5. The fourth-order valence-corrected chi connectivity index (χ4v) is 3.56. The molecule has 1 aromatic rings. The molecular formula is C18H28N2O. The van der Waals surface area contributed by atoms with Crippen molar-refractivity contribution in [2.75, 3.05) is 31.6 Å². The Labute approximate surface area is 128 Å². The minimum atomic E-state index is 0.449. The van der Waals surface area contributed by atoms with Crippen molar-refractivity contribution in [3.05, 3.63) is 23.8 Å². The standard InChI is InChI=1S/C18H28N2O/c1-18(2,3)15-7-10-20(11-8-15)13-14-5-4-6-16-17(14)21-12-9-19-16/h4-6,15,19H,7-13H2,1-3H3. The van der Waals surface area contributed by atoms with Gasteiger partial charge in [-0.05, 0) is 43.3 Å². The number of fused-ring (bicyclic) bond motifs is 1. The molecule has 3 heteroatoms. The molecule has 3 nitrogen and oxygen atoms in total. The zero-order valence-electron chi connectivity index (χ0n) is 13.6. The average Bonchev–Trinajstić information content (AvgIpc) is 2.47. The predicted octanol–water partition coefficient (Wildman–Crippen LogP) is 3.75. The maximum atomic E-state index is 5.88. The summed E-state index contributed by atoms with van der Waals surface area (Å²) in [6.45, 7) is 12.2. The van der Waals surface area contributed by atoms with Gasteiger partial charge in [0.15, 0.2) is 0 Å². The first kappa shape index (κ1) is 14.7. The van der Waals surface area contributed by atoms with Crippen LogP contribution in [0.25, 0.3) is 0 Å². The Morgan fingerprint density at radius 3 is 2.71 bits per heavy atom. The molecule has 2 aliphatic heterocycles. The van der Waals surface area contributed by atoms with Gasteiger partial charge in [-0.3, -0.25) is 4.90 Å². The van der Waals surface area contributed by atoms with Gasteiger partial charge in [0.25, 0.3) is 0 Å². The highest BCUT2D eigenvalue weighted by molar-refractivity contribution is 5.61. The van der Waals surface area contributed by atoms with Crippen LogP contribution in [0, 0.1) is 11.3 Å². The van der Waals surface area contributed by atoms with Crippen molar-refractivity contribution < 1.29 is 4.74 Å². The molecule has 0 aromatic heterocycles. The molecular weight excluding hydrogens is 260 g/mol. The zero-order chi connectivity index (χ0) is 14.9. The van der Waals surface area contributed by atoms with Crippen LogP contribution in [0.5, 0.6) is 5.75 Å². The molecule has 2 aliphatic rings. The molecule has 0 unspecified atom stereocenters. The van der Waals surface area contributed by atoms with Gasteiger partial charge in [0.05, 0.1) is 5.69 Å². The molecule has 0 bridgehead atoms. The van der Waals surface area contributed by atoms with Crippen molar-refractivity contribution in [1.29, 1.82) is 0 Å². The lowest BCUT2D eigenvalue weighted by atomic mass is 9.75. The Bertz CT molecular complexity index is 484. The molecule has 21 heavy (non-hydrogen) atoms. The zero-order valence-corrected chi connectivity index (χ0v) is 13.6. The number of ether oxygens (including phenoxy) is 1. The van der Waals surface area contributed by atoms with Gasteiger partial charge in [0.2, 0.25) is 0 Å². The predicted molar refractivity (Wildman–Crippen MR) is 87.9 cm³/mol. The third-order valence-corrected chi connectivity index (χ3v) is 4.97. The van der Waals surface area contributed by atoms with E-state index in [9.17, 15) is 0 Å². The Balaban J connectivity index is 1.64. The number of likely N-dealkylation sites (tertiary alicyclic amines) is 1. The molecule has 0 aliphatic carbocycles. The number of nitrogens with zero attached hydrogens (tertiary/aromatic N) is 1. The van der Waals surface area contributed by atoms with Gasteiger partial charge >= 0.3 is 0 Å². The molecule has 116 valence electrons. The maximum Gasteiger partial charge on any atom is 0.146 e. The summed E-state index contributed by atoms with van der Waals surface area (Å²) in [4.78, 5) is 2.58. The fraction of sp³-hybridized carbons (Fsp3) is 0.667. The highest BCUT2D eigenvalue weighted by Gasteiger charge is 2.29. The molecule has 3 rings (SSSR count). The van der Waals surface area contributed by atoms with E-state index in [2.05, 4.69) is 49.2 Å². The molecule has 0 saturated carbocycles. The molecule has 0 spiro atoms. The van der Waals surface area contributed by atoms with Crippen LogP contribution in [0.15, 0.2) is 18.2 Å². The molecule has 1 fully saturated rings. The number of para-hydroxylation sites is 1. The second kappa shape index (κ2) is 5.88. The van der Waals surface area contributed by atoms with E-state index >= 15 is 0 Å². The summed E-state index contributed by atoms with van der Waals surface area (Å²) in [7, 11) is 0. The van der Waals surface area contributed by atoms with Gasteiger partial charge in [-0.1, -0.05) is 32.9 Å². The molecule has 0 atom stereocenters. The van der Waals surface area contributed by atoms with E-state index in [4.69, 9.17) is 4.74 Å².